The van der Waals surface area contributed by atoms with Crippen molar-refractivity contribution in [2.24, 2.45) is 0 Å². The summed E-state index contributed by atoms with van der Waals surface area (Å²) in [5.74, 6) is -2.12. The molecule has 0 fully saturated rings. The van der Waals surface area contributed by atoms with E-state index in [0.717, 1.165) is 23.5 Å². The Balaban J connectivity index is 2.51. The second-order valence-corrected chi connectivity index (χ2v) is 4.16. The zero-order chi connectivity index (χ0) is 12.4. The first-order chi connectivity index (χ1) is 8.15. The third kappa shape index (κ3) is 2.06. The van der Waals surface area contributed by atoms with Gasteiger partial charge in [0.2, 0.25) is 5.78 Å². The second kappa shape index (κ2) is 4.63. The highest BCUT2D eigenvalue weighted by molar-refractivity contribution is 7.12. The van der Waals surface area contributed by atoms with Gasteiger partial charge in [-0.05, 0) is 23.6 Å². The highest BCUT2D eigenvalue weighted by Crippen LogP contribution is 2.28. The lowest BCUT2D eigenvalue weighted by Gasteiger charge is -2.04. The molecule has 2 nitrogen and oxygen atoms in total. The van der Waals surface area contributed by atoms with Gasteiger partial charge in [0, 0.05) is 0 Å². The summed E-state index contributed by atoms with van der Waals surface area (Å²) in [6, 6.07) is 4.90. The van der Waals surface area contributed by atoms with Crippen LogP contribution in [0.5, 0.6) is 5.75 Å². The Bertz CT molecular complexity index is 543. The zero-order valence-corrected chi connectivity index (χ0v) is 9.68. The summed E-state index contributed by atoms with van der Waals surface area (Å²) >= 11 is 1.09. The van der Waals surface area contributed by atoms with Gasteiger partial charge in [0.1, 0.15) is 22.3 Å². The van der Waals surface area contributed by atoms with Crippen molar-refractivity contribution in [3.05, 3.63) is 51.7 Å². The molecule has 0 aliphatic heterocycles. The van der Waals surface area contributed by atoms with Crippen LogP contribution in [0.4, 0.5) is 8.78 Å². The minimum absolute atomic E-state index is 0.191. The van der Waals surface area contributed by atoms with Gasteiger partial charge in [-0.15, -0.1) is 11.3 Å². The van der Waals surface area contributed by atoms with Crippen LogP contribution in [0, 0.1) is 11.6 Å². The highest BCUT2D eigenvalue weighted by Gasteiger charge is 2.22. The number of hydrogen-bond donors (Lipinski definition) is 0. The Morgan fingerprint density at radius 1 is 1.24 bits per heavy atom. The molecule has 0 aliphatic rings. The van der Waals surface area contributed by atoms with Gasteiger partial charge < -0.3 is 4.74 Å². The molecule has 0 saturated carbocycles. The maximum atomic E-state index is 13.4. The van der Waals surface area contributed by atoms with Crippen LogP contribution in [0.3, 0.4) is 0 Å². The highest BCUT2D eigenvalue weighted by atomic mass is 32.1. The number of carbonyl (C=O) groups excluding carboxylic acids is 1. The van der Waals surface area contributed by atoms with Gasteiger partial charge in [0.15, 0.2) is 0 Å². The average molecular weight is 254 g/mol. The fraction of sp³-hybridized carbons (Fsp3) is 0.0833. The maximum Gasteiger partial charge on any atom is 0.212 e. The number of benzene rings is 1. The molecule has 2 rings (SSSR count). The Hall–Kier alpha value is -1.75. The number of thiophene rings is 1. The number of rotatable bonds is 3. The van der Waals surface area contributed by atoms with Crippen LogP contribution in [0.25, 0.3) is 0 Å². The summed E-state index contributed by atoms with van der Waals surface area (Å²) in [7, 11) is 1.40. The SMILES string of the molecule is COc1ccsc1C(=O)c1c(F)cccc1F. The first kappa shape index (κ1) is 11.7. The smallest absolute Gasteiger partial charge is 0.212 e. The predicted octanol–water partition coefficient (Wildman–Crippen LogP) is 3.27. The lowest BCUT2D eigenvalue weighted by atomic mass is 10.1. The number of ketones is 1. The molecule has 17 heavy (non-hydrogen) atoms. The fourth-order valence-electron chi connectivity index (χ4n) is 1.45. The molecule has 1 heterocycles. The van der Waals surface area contributed by atoms with Crippen LogP contribution in [-0.4, -0.2) is 12.9 Å². The predicted molar refractivity (Wildman–Crippen MR) is 60.7 cm³/mol. The molecule has 2 aromatic rings. The normalized spacial score (nSPS) is 10.3. The number of carbonyl (C=O) groups is 1. The molecule has 0 N–H and O–H groups in total. The summed E-state index contributed by atoms with van der Waals surface area (Å²) < 4.78 is 31.8. The van der Waals surface area contributed by atoms with Crippen molar-refractivity contribution < 1.29 is 18.3 Å². The lowest BCUT2D eigenvalue weighted by Crippen LogP contribution is -2.06. The summed E-state index contributed by atoms with van der Waals surface area (Å²) in [5.41, 5.74) is -0.548. The van der Waals surface area contributed by atoms with Gasteiger partial charge in [0.25, 0.3) is 0 Å². The second-order valence-electron chi connectivity index (χ2n) is 3.24. The Morgan fingerprint density at radius 2 is 1.88 bits per heavy atom. The van der Waals surface area contributed by atoms with E-state index in [-0.39, 0.29) is 4.88 Å². The molecule has 0 atom stereocenters. The van der Waals surface area contributed by atoms with Crippen LogP contribution >= 0.6 is 11.3 Å². The Kier molecular flexibility index (Phi) is 3.19. The third-order valence-corrected chi connectivity index (χ3v) is 3.14. The summed E-state index contributed by atoms with van der Waals surface area (Å²) in [6.45, 7) is 0. The molecule has 1 aromatic carbocycles. The average Bonchev–Trinajstić information content (AvgIpc) is 2.76. The monoisotopic (exact) mass is 254 g/mol. The van der Waals surface area contributed by atoms with E-state index in [1.54, 1.807) is 11.4 Å². The molecular weight excluding hydrogens is 246 g/mol. The maximum absolute atomic E-state index is 13.4. The van der Waals surface area contributed by atoms with Crippen molar-refractivity contribution in [2.45, 2.75) is 0 Å². The van der Waals surface area contributed by atoms with E-state index in [2.05, 4.69) is 0 Å². The minimum Gasteiger partial charge on any atom is -0.495 e. The molecule has 0 saturated heterocycles. The van der Waals surface area contributed by atoms with E-state index in [4.69, 9.17) is 4.74 Å². The summed E-state index contributed by atoms with van der Waals surface area (Å²) in [5, 5.41) is 1.63. The summed E-state index contributed by atoms with van der Waals surface area (Å²) in [4.78, 5) is 12.2. The van der Waals surface area contributed by atoms with Crippen LogP contribution in [0.2, 0.25) is 0 Å². The van der Waals surface area contributed by atoms with Crippen LogP contribution in [0.1, 0.15) is 15.2 Å². The van der Waals surface area contributed by atoms with E-state index in [1.165, 1.54) is 13.2 Å². The quantitative estimate of drug-likeness (QED) is 0.786. The van der Waals surface area contributed by atoms with E-state index < -0.39 is 23.0 Å². The standard InChI is InChI=1S/C12H8F2O2S/c1-16-9-5-6-17-12(9)11(15)10-7(13)3-2-4-8(10)14/h2-6H,1H3. The third-order valence-electron chi connectivity index (χ3n) is 2.25. The van der Waals surface area contributed by atoms with Gasteiger partial charge in [-0.3, -0.25) is 4.79 Å². The minimum atomic E-state index is -0.870. The zero-order valence-electron chi connectivity index (χ0n) is 8.87. The molecule has 0 radical (unpaired) electrons. The Morgan fingerprint density at radius 3 is 2.47 bits per heavy atom. The number of methoxy groups -OCH3 is 1. The summed E-state index contributed by atoms with van der Waals surface area (Å²) in [6.07, 6.45) is 0. The molecule has 1 aromatic heterocycles. The van der Waals surface area contributed by atoms with Gasteiger partial charge in [-0.1, -0.05) is 6.07 Å². The van der Waals surface area contributed by atoms with Gasteiger partial charge in [0.05, 0.1) is 12.7 Å². The van der Waals surface area contributed by atoms with Crippen LogP contribution in [0.15, 0.2) is 29.6 Å². The molecule has 0 bridgehead atoms. The largest absolute Gasteiger partial charge is 0.495 e. The molecule has 0 spiro atoms. The van der Waals surface area contributed by atoms with Crippen molar-refractivity contribution in [1.82, 2.24) is 0 Å². The first-order valence-electron chi connectivity index (χ1n) is 4.75. The molecule has 0 aliphatic carbocycles. The van der Waals surface area contributed by atoms with E-state index in [0.29, 0.717) is 5.75 Å². The van der Waals surface area contributed by atoms with Crippen LogP contribution in [-0.2, 0) is 0 Å². The molecule has 88 valence electrons. The van der Waals surface area contributed by atoms with Gasteiger partial charge in [-0.2, -0.15) is 0 Å². The topological polar surface area (TPSA) is 26.3 Å². The lowest BCUT2D eigenvalue weighted by molar-refractivity contribution is 0.103. The molecule has 0 amide bonds. The first-order valence-corrected chi connectivity index (χ1v) is 5.63. The van der Waals surface area contributed by atoms with Crippen molar-refractivity contribution >= 4 is 17.1 Å². The van der Waals surface area contributed by atoms with Gasteiger partial charge >= 0.3 is 0 Å². The Labute approximate surface area is 100 Å². The fourth-order valence-corrected chi connectivity index (χ4v) is 2.26. The van der Waals surface area contributed by atoms with E-state index in [1.807, 2.05) is 0 Å². The van der Waals surface area contributed by atoms with Crippen molar-refractivity contribution in [2.75, 3.05) is 7.11 Å². The number of halogens is 2. The van der Waals surface area contributed by atoms with E-state index >= 15 is 0 Å². The number of hydrogen-bond acceptors (Lipinski definition) is 3. The van der Waals surface area contributed by atoms with Crippen LogP contribution < -0.4 is 4.74 Å². The molecule has 0 unspecified atom stereocenters. The van der Waals surface area contributed by atoms with Crippen molar-refractivity contribution in [3.63, 3.8) is 0 Å². The van der Waals surface area contributed by atoms with Crippen molar-refractivity contribution in [3.8, 4) is 5.75 Å². The van der Waals surface area contributed by atoms with Gasteiger partial charge in [-0.25, -0.2) is 8.78 Å². The molecular formula is C12H8F2O2S. The van der Waals surface area contributed by atoms with E-state index in [9.17, 15) is 13.6 Å². The molecule has 5 heteroatoms. The van der Waals surface area contributed by atoms with Crippen molar-refractivity contribution in [1.29, 1.82) is 0 Å². The number of ether oxygens (including phenoxy) is 1.